The number of amides is 2. The molecule has 1 aromatic heterocycles. The van der Waals surface area contributed by atoms with Gasteiger partial charge in [0.15, 0.2) is 0 Å². The van der Waals surface area contributed by atoms with Crippen molar-refractivity contribution >= 4 is 35.3 Å². The van der Waals surface area contributed by atoms with Crippen molar-refractivity contribution in [3.63, 3.8) is 0 Å². The predicted molar refractivity (Wildman–Crippen MR) is 162 cm³/mol. The first kappa shape index (κ1) is 34.4. The van der Waals surface area contributed by atoms with Crippen LogP contribution in [0, 0.1) is 5.82 Å². The van der Waals surface area contributed by atoms with Gasteiger partial charge in [0.25, 0.3) is 0 Å². The van der Waals surface area contributed by atoms with E-state index in [4.69, 9.17) is 4.74 Å². The highest BCUT2D eigenvalue weighted by Gasteiger charge is 2.19. The van der Waals surface area contributed by atoms with Gasteiger partial charge in [0.2, 0.25) is 12.3 Å². The smallest absolute Gasteiger partial charge is 0.328 e. The van der Waals surface area contributed by atoms with E-state index >= 15 is 0 Å². The van der Waals surface area contributed by atoms with Gasteiger partial charge in [-0.25, -0.2) is 9.18 Å². The fourth-order valence-corrected chi connectivity index (χ4v) is 4.89. The number of thiophene rings is 1. The van der Waals surface area contributed by atoms with E-state index in [0.29, 0.717) is 25.9 Å². The standard InChI is InChI=1S/C19H26N2O3S.C12H14FNO3/c1-15(20-19(24)14-18-6-3-11-25-18)12-16-4-2-5-17(13-16)21(7-9-22)8-10-23;1-2-17-12(16)11(14-8-15)7-9-3-5-10(13)6-4-9/h2-6,11,13,15,22-23H,7-10,12,14H2,1H3,(H,20,24);3-6,8,11H,2,7H2,1H3,(H,14,15). The molecule has 0 saturated carbocycles. The highest BCUT2D eigenvalue weighted by molar-refractivity contribution is 7.10. The van der Waals surface area contributed by atoms with Crippen LogP contribution in [0.5, 0.6) is 0 Å². The third kappa shape index (κ3) is 12.8. The second-order valence-electron chi connectivity index (χ2n) is 9.45. The Balaban J connectivity index is 0.000000317. The highest BCUT2D eigenvalue weighted by atomic mass is 32.1. The molecule has 0 aliphatic rings. The van der Waals surface area contributed by atoms with E-state index < -0.39 is 12.0 Å². The van der Waals surface area contributed by atoms with Gasteiger partial charge >= 0.3 is 5.97 Å². The molecule has 2 amide bonds. The Morgan fingerprint density at radius 3 is 2.33 bits per heavy atom. The van der Waals surface area contributed by atoms with Gasteiger partial charge in [0, 0.05) is 36.1 Å². The Labute approximate surface area is 250 Å². The number of aliphatic hydroxyl groups excluding tert-OH is 2. The third-order valence-corrected chi connectivity index (χ3v) is 6.95. The first-order valence-electron chi connectivity index (χ1n) is 13.8. The van der Waals surface area contributed by atoms with Gasteiger partial charge in [-0.15, -0.1) is 11.3 Å². The topological polar surface area (TPSA) is 128 Å². The number of carbonyl (C=O) groups excluding carboxylic acids is 3. The Morgan fingerprint density at radius 2 is 1.74 bits per heavy atom. The predicted octanol–water partition coefficient (Wildman–Crippen LogP) is 2.87. The number of nitrogens with one attached hydrogen (secondary N) is 2. The quantitative estimate of drug-likeness (QED) is 0.147. The van der Waals surface area contributed by atoms with Crippen LogP contribution in [0.4, 0.5) is 10.1 Å². The van der Waals surface area contributed by atoms with E-state index in [0.717, 1.165) is 28.1 Å². The van der Waals surface area contributed by atoms with Crippen molar-refractivity contribution < 1.29 is 33.7 Å². The number of aliphatic hydroxyl groups is 2. The minimum absolute atomic E-state index is 0.0341. The molecular weight excluding hydrogens is 561 g/mol. The summed E-state index contributed by atoms with van der Waals surface area (Å²) in [5.41, 5.74) is 2.83. The van der Waals surface area contributed by atoms with Crippen LogP contribution in [0.15, 0.2) is 66.0 Å². The molecule has 11 heteroatoms. The highest BCUT2D eigenvalue weighted by Crippen LogP contribution is 2.17. The van der Waals surface area contributed by atoms with Crippen molar-refractivity contribution in [2.24, 2.45) is 0 Å². The molecule has 4 N–H and O–H groups in total. The number of nitrogens with zero attached hydrogens (tertiary/aromatic N) is 1. The molecule has 0 fully saturated rings. The maximum Gasteiger partial charge on any atom is 0.328 e. The summed E-state index contributed by atoms with van der Waals surface area (Å²) in [5.74, 6) is -0.804. The molecule has 0 aliphatic carbocycles. The maximum atomic E-state index is 12.7. The van der Waals surface area contributed by atoms with Gasteiger partial charge in [-0.05, 0) is 67.1 Å². The Morgan fingerprint density at radius 1 is 1.02 bits per heavy atom. The van der Waals surface area contributed by atoms with E-state index in [2.05, 4.69) is 10.6 Å². The first-order chi connectivity index (χ1) is 20.3. The van der Waals surface area contributed by atoms with Gasteiger partial charge < -0.3 is 30.5 Å². The van der Waals surface area contributed by atoms with Gasteiger partial charge in [-0.1, -0.05) is 30.3 Å². The SMILES string of the molecule is CC(Cc1cccc(N(CCO)CCO)c1)NC(=O)Cc1cccs1.CCOC(=O)C(Cc1ccc(F)cc1)NC=O. The summed E-state index contributed by atoms with van der Waals surface area (Å²) in [6, 6.07) is 17.0. The number of carbonyl (C=O) groups is 3. The summed E-state index contributed by atoms with van der Waals surface area (Å²) in [5, 5.41) is 25.7. The van der Waals surface area contributed by atoms with E-state index in [1.54, 1.807) is 30.4 Å². The van der Waals surface area contributed by atoms with Crippen LogP contribution in [-0.2, 0) is 38.4 Å². The lowest BCUT2D eigenvalue weighted by Crippen LogP contribution is -2.39. The van der Waals surface area contributed by atoms with Crippen molar-refractivity contribution in [1.82, 2.24) is 10.6 Å². The minimum atomic E-state index is -0.738. The van der Waals surface area contributed by atoms with E-state index in [9.17, 15) is 29.0 Å². The molecule has 0 bridgehead atoms. The Bertz CT molecular complexity index is 1200. The molecular formula is C31H40FN3O6S. The molecule has 0 saturated heterocycles. The number of rotatable bonds is 16. The Hall–Kier alpha value is -3.80. The Kier molecular flexibility index (Phi) is 15.8. The number of hydrogen-bond acceptors (Lipinski definition) is 8. The molecule has 0 spiro atoms. The fourth-order valence-electron chi connectivity index (χ4n) is 4.18. The maximum absolute atomic E-state index is 12.7. The van der Waals surface area contributed by atoms with Crippen molar-refractivity contribution in [2.45, 2.75) is 45.2 Å². The lowest BCUT2D eigenvalue weighted by Gasteiger charge is -2.24. The van der Waals surface area contributed by atoms with Crippen molar-refractivity contribution in [3.05, 3.63) is 87.9 Å². The van der Waals surface area contributed by atoms with Crippen LogP contribution in [-0.4, -0.2) is 73.5 Å². The monoisotopic (exact) mass is 601 g/mol. The molecule has 2 unspecified atom stereocenters. The average molecular weight is 602 g/mol. The fraction of sp³-hybridized carbons (Fsp3) is 0.387. The number of benzene rings is 2. The molecule has 1 heterocycles. The van der Waals surface area contributed by atoms with Gasteiger partial charge in [0.1, 0.15) is 11.9 Å². The largest absolute Gasteiger partial charge is 0.464 e. The van der Waals surface area contributed by atoms with Crippen LogP contribution in [0.1, 0.15) is 29.9 Å². The van der Waals surface area contributed by atoms with Crippen LogP contribution >= 0.6 is 11.3 Å². The normalized spacial score (nSPS) is 11.8. The second-order valence-corrected chi connectivity index (χ2v) is 10.5. The van der Waals surface area contributed by atoms with Crippen LogP contribution in [0.3, 0.4) is 0 Å². The van der Waals surface area contributed by atoms with Crippen LogP contribution in [0.2, 0.25) is 0 Å². The molecule has 3 aromatic rings. The molecule has 42 heavy (non-hydrogen) atoms. The van der Waals surface area contributed by atoms with E-state index in [1.165, 1.54) is 12.1 Å². The number of hydrogen-bond donors (Lipinski definition) is 4. The van der Waals surface area contributed by atoms with Gasteiger partial charge in [-0.2, -0.15) is 0 Å². The van der Waals surface area contributed by atoms with Crippen LogP contribution < -0.4 is 15.5 Å². The summed E-state index contributed by atoms with van der Waals surface area (Å²) in [7, 11) is 0. The zero-order chi connectivity index (χ0) is 30.7. The lowest BCUT2D eigenvalue weighted by molar-refractivity contribution is -0.146. The van der Waals surface area contributed by atoms with E-state index in [-0.39, 0.29) is 44.0 Å². The number of ether oxygens (including phenoxy) is 1. The number of halogens is 1. The molecule has 0 aliphatic heterocycles. The summed E-state index contributed by atoms with van der Waals surface area (Å²) >= 11 is 1.59. The molecule has 9 nitrogen and oxygen atoms in total. The summed E-state index contributed by atoms with van der Waals surface area (Å²) in [4.78, 5) is 37.0. The molecule has 2 atom stereocenters. The first-order valence-corrected chi connectivity index (χ1v) is 14.7. The van der Waals surface area contributed by atoms with Crippen LogP contribution in [0.25, 0.3) is 0 Å². The van der Waals surface area contributed by atoms with Crippen molar-refractivity contribution in [1.29, 1.82) is 0 Å². The average Bonchev–Trinajstić information content (AvgIpc) is 3.47. The number of esters is 1. The second kappa shape index (κ2) is 19.3. The van der Waals surface area contributed by atoms with Gasteiger partial charge in [0.05, 0.1) is 26.2 Å². The zero-order valence-corrected chi connectivity index (χ0v) is 24.8. The van der Waals surface area contributed by atoms with Gasteiger partial charge in [-0.3, -0.25) is 9.59 Å². The third-order valence-electron chi connectivity index (χ3n) is 6.07. The summed E-state index contributed by atoms with van der Waals surface area (Å²) in [6.07, 6.45) is 1.88. The molecule has 0 radical (unpaired) electrons. The van der Waals surface area contributed by atoms with E-state index in [1.807, 2.05) is 53.6 Å². The van der Waals surface area contributed by atoms with Crippen molar-refractivity contribution in [2.75, 3.05) is 37.8 Å². The molecule has 2 aromatic carbocycles. The van der Waals surface area contributed by atoms with Crippen molar-refractivity contribution in [3.8, 4) is 0 Å². The minimum Gasteiger partial charge on any atom is -0.464 e. The lowest BCUT2D eigenvalue weighted by atomic mass is 10.1. The zero-order valence-electron chi connectivity index (χ0n) is 24.0. The molecule has 3 rings (SSSR count). The summed E-state index contributed by atoms with van der Waals surface area (Å²) < 4.78 is 17.5. The molecule has 228 valence electrons. The summed E-state index contributed by atoms with van der Waals surface area (Å²) in [6.45, 7) is 4.98. The number of anilines is 1.